The van der Waals surface area contributed by atoms with Gasteiger partial charge < -0.3 is 14.9 Å². The lowest BCUT2D eigenvalue weighted by Gasteiger charge is -2.16. The third kappa shape index (κ3) is 3.40. The summed E-state index contributed by atoms with van der Waals surface area (Å²) in [6.45, 7) is 0.363. The fourth-order valence-corrected chi connectivity index (χ4v) is 2.28. The van der Waals surface area contributed by atoms with Gasteiger partial charge in [-0.2, -0.15) is 0 Å². The lowest BCUT2D eigenvalue weighted by atomic mass is 10.2. The molecule has 0 aliphatic carbocycles. The van der Waals surface area contributed by atoms with Gasteiger partial charge in [-0.15, -0.1) is 0 Å². The summed E-state index contributed by atoms with van der Waals surface area (Å²) in [4.78, 5) is 22.9. The van der Waals surface area contributed by atoms with Gasteiger partial charge in [-0.05, 0) is 17.7 Å². The van der Waals surface area contributed by atoms with Crippen molar-refractivity contribution in [1.82, 2.24) is 4.90 Å². The van der Waals surface area contributed by atoms with Crippen molar-refractivity contribution in [1.29, 1.82) is 0 Å². The Kier molecular flexibility index (Phi) is 4.46. The number of likely N-dealkylation sites (tertiary alicyclic amines) is 1. The molecule has 0 bridgehead atoms. The molecule has 2 N–H and O–H groups in total. The lowest BCUT2D eigenvalue weighted by molar-refractivity contribution is -0.141. The van der Waals surface area contributed by atoms with Crippen LogP contribution in [0.4, 0.5) is 4.79 Å². The van der Waals surface area contributed by atoms with E-state index in [0.29, 0.717) is 11.6 Å². The van der Waals surface area contributed by atoms with E-state index in [1.807, 2.05) is 0 Å². The Morgan fingerprint density at radius 1 is 1.30 bits per heavy atom. The molecule has 0 radical (unpaired) electrons. The third-order valence-electron chi connectivity index (χ3n) is 3.19. The Balaban J connectivity index is 1.93. The normalized spacial score (nSPS) is 21.9. The van der Waals surface area contributed by atoms with E-state index in [9.17, 15) is 9.59 Å². The molecule has 1 aromatic carbocycles. The van der Waals surface area contributed by atoms with Crippen LogP contribution < -0.4 is 0 Å². The second-order valence-electron chi connectivity index (χ2n) is 4.58. The number of carbonyl (C=O) groups is 2. The summed E-state index contributed by atoms with van der Waals surface area (Å²) in [5.74, 6) is -1.15. The van der Waals surface area contributed by atoms with Gasteiger partial charge in [0, 0.05) is 11.4 Å². The van der Waals surface area contributed by atoms with Crippen molar-refractivity contribution in [3.63, 3.8) is 0 Å². The summed E-state index contributed by atoms with van der Waals surface area (Å²) in [5.41, 5.74) is 0.898. The molecular formula is C13H14ClNO5. The van der Waals surface area contributed by atoms with Gasteiger partial charge in [0.2, 0.25) is 0 Å². The largest absolute Gasteiger partial charge is 0.480 e. The predicted molar refractivity (Wildman–Crippen MR) is 70.8 cm³/mol. The maximum Gasteiger partial charge on any atom is 0.408 e. The molecule has 1 heterocycles. The Labute approximate surface area is 120 Å². The van der Waals surface area contributed by atoms with Gasteiger partial charge in [-0.25, -0.2) is 9.59 Å². The molecule has 0 unspecified atom stereocenters. The number of ether oxygens (including phenoxy) is 1. The van der Waals surface area contributed by atoms with E-state index in [1.165, 1.54) is 0 Å². The Bertz CT molecular complexity index is 482. The average Bonchev–Trinajstić information content (AvgIpc) is 2.83. The molecule has 1 aliphatic rings. The van der Waals surface area contributed by atoms with Gasteiger partial charge in [-0.1, -0.05) is 23.7 Å². The maximum atomic E-state index is 11.0. The number of carboxylic acids is 1. The predicted octanol–water partition coefficient (Wildman–Crippen LogP) is 2.06. The molecule has 0 aromatic heterocycles. The number of halogens is 1. The summed E-state index contributed by atoms with van der Waals surface area (Å²) in [7, 11) is 0. The SMILES string of the molecule is O=C(O)[C@@H]1C[C@H](OCc2ccc(Cl)cc2)CN1C(=O)O. The topological polar surface area (TPSA) is 87.1 Å². The van der Waals surface area contributed by atoms with E-state index in [-0.39, 0.29) is 13.0 Å². The maximum absolute atomic E-state index is 11.0. The minimum atomic E-state index is -1.24. The highest BCUT2D eigenvalue weighted by Gasteiger charge is 2.40. The summed E-state index contributed by atoms with van der Waals surface area (Å²) in [6.07, 6.45) is -1.49. The van der Waals surface area contributed by atoms with E-state index < -0.39 is 24.2 Å². The average molecular weight is 300 g/mol. The molecule has 2 atom stereocenters. The van der Waals surface area contributed by atoms with E-state index in [1.54, 1.807) is 24.3 Å². The Morgan fingerprint density at radius 2 is 1.95 bits per heavy atom. The molecule has 0 spiro atoms. The number of hydrogen-bond donors (Lipinski definition) is 2. The quantitative estimate of drug-likeness (QED) is 0.888. The first kappa shape index (κ1) is 14.6. The minimum absolute atomic E-state index is 0.0693. The first-order valence-electron chi connectivity index (χ1n) is 6.06. The van der Waals surface area contributed by atoms with Crippen LogP contribution in [0.25, 0.3) is 0 Å². The zero-order chi connectivity index (χ0) is 14.7. The number of carboxylic acid groups (broad SMARTS) is 2. The van der Waals surface area contributed by atoms with Gasteiger partial charge in [0.05, 0.1) is 19.3 Å². The molecule has 0 saturated carbocycles. The molecule has 20 heavy (non-hydrogen) atoms. The minimum Gasteiger partial charge on any atom is -0.480 e. The van der Waals surface area contributed by atoms with Crippen LogP contribution in [0.5, 0.6) is 0 Å². The third-order valence-corrected chi connectivity index (χ3v) is 3.44. The fraction of sp³-hybridized carbons (Fsp3) is 0.385. The molecule has 1 saturated heterocycles. The summed E-state index contributed by atoms with van der Waals surface area (Å²) >= 11 is 5.77. The highest BCUT2D eigenvalue weighted by atomic mass is 35.5. The molecule has 1 amide bonds. The van der Waals surface area contributed by atoms with Crippen molar-refractivity contribution in [2.75, 3.05) is 6.54 Å². The van der Waals surface area contributed by atoms with Gasteiger partial charge >= 0.3 is 12.1 Å². The van der Waals surface area contributed by atoms with E-state index in [0.717, 1.165) is 10.5 Å². The van der Waals surface area contributed by atoms with Gasteiger partial charge in [0.15, 0.2) is 0 Å². The monoisotopic (exact) mass is 299 g/mol. The standard InChI is InChI=1S/C13H14ClNO5/c14-9-3-1-8(2-4-9)7-20-10-5-11(12(16)17)15(6-10)13(18)19/h1-4,10-11H,5-7H2,(H,16,17)(H,18,19)/t10-,11-/m0/s1. The van der Waals surface area contributed by atoms with Crippen molar-refractivity contribution < 1.29 is 24.5 Å². The van der Waals surface area contributed by atoms with Crippen LogP contribution in [-0.4, -0.2) is 45.9 Å². The van der Waals surface area contributed by atoms with Crippen LogP contribution in [0.2, 0.25) is 5.02 Å². The number of hydrogen-bond acceptors (Lipinski definition) is 3. The van der Waals surface area contributed by atoms with E-state index >= 15 is 0 Å². The van der Waals surface area contributed by atoms with Crippen molar-refractivity contribution in [3.8, 4) is 0 Å². The van der Waals surface area contributed by atoms with Gasteiger partial charge in [-0.3, -0.25) is 4.90 Å². The van der Waals surface area contributed by atoms with Crippen molar-refractivity contribution >= 4 is 23.7 Å². The summed E-state index contributed by atoms with van der Waals surface area (Å²) in [6, 6.07) is 6.04. The zero-order valence-corrected chi connectivity index (χ0v) is 11.3. The highest BCUT2D eigenvalue weighted by Crippen LogP contribution is 2.22. The van der Waals surface area contributed by atoms with E-state index in [2.05, 4.69) is 0 Å². The van der Waals surface area contributed by atoms with Crippen LogP contribution in [0.15, 0.2) is 24.3 Å². The highest BCUT2D eigenvalue weighted by molar-refractivity contribution is 6.30. The summed E-state index contributed by atoms with van der Waals surface area (Å²) in [5, 5.41) is 18.6. The van der Waals surface area contributed by atoms with Gasteiger partial charge in [0.1, 0.15) is 6.04 Å². The molecule has 2 rings (SSSR count). The van der Waals surface area contributed by atoms with Crippen LogP contribution in [0, 0.1) is 0 Å². The van der Waals surface area contributed by atoms with Crippen molar-refractivity contribution in [2.45, 2.75) is 25.2 Å². The molecule has 108 valence electrons. The van der Waals surface area contributed by atoms with Crippen LogP contribution in [0.1, 0.15) is 12.0 Å². The van der Waals surface area contributed by atoms with Crippen molar-refractivity contribution in [3.05, 3.63) is 34.9 Å². The smallest absolute Gasteiger partial charge is 0.408 e. The molecule has 1 aliphatic heterocycles. The molecule has 6 nitrogen and oxygen atoms in total. The number of amides is 1. The van der Waals surface area contributed by atoms with Crippen LogP contribution in [-0.2, 0) is 16.1 Å². The van der Waals surface area contributed by atoms with Crippen LogP contribution >= 0.6 is 11.6 Å². The van der Waals surface area contributed by atoms with Crippen LogP contribution in [0.3, 0.4) is 0 Å². The number of benzene rings is 1. The second kappa shape index (κ2) is 6.11. The number of rotatable bonds is 4. The first-order chi connectivity index (χ1) is 9.47. The van der Waals surface area contributed by atoms with E-state index in [4.69, 9.17) is 26.6 Å². The lowest BCUT2D eigenvalue weighted by Crippen LogP contribution is -2.39. The Hall–Kier alpha value is -1.79. The molecule has 7 heteroatoms. The fourth-order valence-electron chi connectivity index (χ4n) is 2.16. The summed E-state index contributed by atoms with van der Waals surface area (Å²) < 4.78 is 5.58. The molecule has 1 aromatic rings. The molecule has 1 fully saturated rings. The van der Waals surface area contributed by atoms with Crippen molar-refractivity contribution in [2.24, 2.45) is 0 Å². The number of aliphatic carboxylic acids is 1. The first-order valence-corrected chi connectivity index (χ1v) is 6.43. The second-order valence-corrected chi connectivity index (χ2v) is 5.02. The molecular weight excluding hydrogens is 286 g/mol. The zero-order valence-electron chi connectivity index (χ0n) is 10.5. The Morgan fingerprint density at radius 3 is 2.45 bits per heavy atom. The van der Waals surface area contributed by atoms with Gasteiger partial charge in [0.25, 0.3) is 0 Å². The number of nitrogens with zero attached hydrogens (tertiary/aromatic N) is 1.